The van der Waals surface area contributed by atoms with Gasteiger partial charge in [-0.2, -0.15) is 11.3 Å². The first kappa shape index (κ1) is 11.3. The second kappa shape index (κ2) is 5.23. The second-order valence-electron chi connectivity index (χ2n) is 3.92. The second-order valence-corrected chi connectivity index (χ2v) is 4.70. The van der Waals surface area contributed by atoms with Crippen LogP contribution in [0.2, 0.25) is 0 Å². The van der Waals surface area contributed by atoms with Crippen molar-refractivity contribution in [2.45, 2.75) is 25.9 Å². The predicted molar refractivity (Wildman–Crippen MR) is 68.5 cm³/mol. The van der Waals surface area contributed by atoms with Crippen LogP contribution in [0.1, 0.15) is 37.2 Å². The average molecular weight is 232 g/mol. The molecule has 0 spiro atoms. The number of nitrogens with one attached hydrogen (secondary N) is 1. The van der Waals surface area contributed by atoms with Crippen LogP contribution in [-0.2, 0) is 0 Å². The fourth-order valence-electron chi connectivity index (χ4n) is 1.71. The minimum atomic E-state index is 0.274. The topological polar surface area (TPSA) is 24.9 Å². The van der Waals surface area contributed by atoms with Gasteiger partial charge in [0.1, 0.15) is 0 Å². The summed E-state index contributed by atoms with van der Waals surface area (Å²) in [5.74, 6) is 0. The molecule has 0 bridgehead atoms. The minimum absolute atomic E-state index is 0.274. The number of nitrogens with zero attached hydrogens (tertiary/aromatic N) is 1. The molecule has 0 radical (unpaired) electrons. The number of rotatable bonds is 4. The summed E-state index contributed by atoms with van der Waals surface area (Å²) in [4.78, 5) is 4.35. The lowest BCUT2D eigenvalue weighted by molar-refractivity contribution is 0.487. The summed E-state index contributed by atoms with van der Waals surface area (Å²) in [6, 6.07) is 8.82. The highest BCUT2D eigenvalue weighted by Gasteiger charge is 2.11. The summed E-state index contributed by atoms with van der Waals surface area (Å²) in [5, 5.41) is 7.84. The van der Waals surface area contributed by atoms with Crippen LogP contribution in [0.5, 0.6) is 0 Å². The Morgan fingerprint density at radius 1 is 1.19 bits per heavy atom. The number of pyridine rings is 1. The summed E-state index contributed by atoms with van der Waals surface area (Å²) in [5.41, 5.74) is 2.43. The Balaban J connectivity index is 2.00. The highest BCUT2D eigenvalue weighted by Crippen LogP contribution is 2.19. The van der Waals surface area contributed by atoms with E-state index in [-0.39, 0.29) is 6.04 Å². The standard InChI is InChI=1S/C13H16N2S/c1-10(12-6-8-16-9-12)15-11(2)13-5-3-4-7-14-13/h3-11,15H,1-2H3. The minimum Gasteiger partial charge on any atom is -0.302 e. The largest absolute Gasteiger partial charge is 0.302 e. The lowest BCUT2D eigenvalue weighted by Crippen LogP contribution is -2.22. The van der Waals surface area contributed by atoms with Gasteiger partial charge in [0.25, 0.3) is 0 Å². The number of thiophene rings is 1. The van der Waals surface area contributed by atoms with Crippen molar-refractivity contribution in [3.05, 3.63) is 52.5 Å². The Morgan fingerprint density at radius 2 is 2.06 bits per heavy atom. The van der Waals surface area contributed by atoms with Gasteiger partial charge >= 0.3 is 0 Å². The molecule has 0 aliphatic carbocycles. The highest BCUT2D eigenvalue weighted by atomic mass is 32.1. The van der Waals surface area contributed by atoms with E-state index >= 15 is 0 Å². The fourth-order valence-corrected chi connectivity index (χ4v) is 2.46. The summed E-state index contributed by atoms with van der Waals surface area (Å²) in [7, 11) is 0. The molecule has 0 fully saturated rings. The van der Waals surface area contributed by atoms with Crippen molar-refractivity contribution in [2.24, 2.45) is 0 Å². The Kier molecular flexibility index (Phi) is 3.70. The molecule has 2 heterocycles. The summed E-state index contributed by atoms with van der Waals surface area (Å²) in [6.45, 7) is 4.33. The molecule has 2 aromatic heterocycles. The molecular weight excluding hydrogens is 216 g/mol. The highest BCUT2D eigenvalue weighted by molar-refractivity contribution is 7.07. The fraction of sp³-hybridized carbons (Fsp3) is 0.308. The molecule has 0 aromatic carbocycles. The Morgan fingerprint density at radius 3 is 2.69 bits per heavy atom. The monoisotopic (exact) mass is 232 g/mol. The molecule has 3 heteroatoms. The van der Waals surface area contributed by atoms with Gasteiger partial charge in [0.15, 0.2) is 0 Å². The first-order chi connectivity index (χ1) is 7.77. The van der Waals surface area contributed by atoms with Gasteiger partial charge in [-0.1, -0.05) is 6.07 Å². The maximum atomic E-state index is 4.35. The van der Waals surface area contributed by atoms with E-state index in [9.17, 15) is 0 Å². The average Bonchev–Trinajstić information content (AvgIpc) is 2.83. The number of hydrogen-bond donors (Lipinski definition) is 1. The summed E-state index contributed by atoms with van der Waals surface area (Å²) >= 11 is 1.74. The molecule has 0 amide bonds. The molecule has 16 heavy (non-hydrogen) atoms. The van der Waals surface area contributed by atoms with Gasteiger partial charge < -0.3 is 5.32 Å². The maximum Gasteiger partial charge on any atom is 0.0570 e. The zero-order chi connectivity index (χ0) is 11.4. The van der Waals surface area contributed by atoms with E-state index < -0.39 is 0 Å². The van der Waals surface area contributed by atoms with Crippen molar-refractivity contribution in [1.29, 1.82) is 0 Å². The van der Waals surface area contributed by atoms with Gasteiger partial charge in [-0.3, -0.25) is 4.98 Å². The molecule has 0 aliphatic rings. The Bertz CT molecular complexity index is 411. The van der Waals surface area contributed by atoms with Crippen molar-refractivity contribution in [3.63, 3.8) is 0 Å². The molecule has 2 rings (SSSR count). The maximum absolute atomic E-state index is 4.35. The molecule has 84 valence electrons. The SMILES string of the molecule is CC(NC(C)c1ccccn1)c1ccsc1. The third-order valence-electron chi connectivity index (χ3n) is 2.67. The molecular formula is C13H16N2S. The molecule has 2 unspecified atom stereocenters. The van der Waals surface area contributed by atoms with Crippen molar-refractivity contribution in [2.75, 3.05) is 0 Å². The molecule has 0 aliphatic heterocycles. The van der Waals surface area contributed by atoms with Crippen LogP contribution in [0, 0.1) is 0 Å². The first-order valence-corrected chi connectivity index (χ1v) is 6.40. The lowest BCUT2D eigenvalue weighted by Gasteiger charge is -2.18. The van der Waals surface area contributed by atoms with Crippen LogP contribution in [0.3, 0.4) is 0 Å². The van der Waals surface area contributed by atoms with Gasteiger partial charge in [-0.15, -0.1) is 0 Å². The number of hydrogen-bond acceptors (Lipinski definition) is 3. The summed E-state index contributed by atoms with van der Waals surface area (Å²) < 4.78 is 0. The van der Waals surface area contributed by atoms with Crippen LogP contribution < -0.4 is 5.32 Å². The van der Waals surface area contributed by atoms with Crippen LogP contribution in [0.25, 0.3) is 0 Å². The zero-order valence-electron chi connectivity index (χ0n) is 9.55. The zero-order valence-corrected chi connectivity index (χ0v) is 10.4. The third kappa shape index (κ3) is 2.68. The van der Waals surface area contributed by atoms with Gasteiger partial charge in [0.05, 0.1) is 5.69 Å². The quantitative estimate of drug-likeness (QED) is 0.872. The molecule has 1 N–H and O–H groups in total. The van der Waals surface area contributed by atoms with Crippen LogP contribution in [0.15, 0.2) is 41.2 Å². The van der Waals surface area contributed by atoms with Crippen LogP contribution in [-0.4, -0.2) is 4.98 Å². The van der Waals surface area contributed by atoms with Gasteiger partial charge in [0, 0.05) is 18.3 Å². The molecule has 2 aromatic rings. The number of aromatic nitrogens is 1. The van der Waals surface area contributed by atoms with Crippen LogP contribution in [0.4, 0.5) is 0 Å². The van der Waals surface area contributed by atoms with E-state index in [0.717, 1.165) is 5.69 Å². The Hall–Kier alpha value is -1.19. The van der Waals surface area contributed by atoms with E-state index in [1.807, 2.05) is 18.3 Å². The predicted octanol–water partition coefficient (Wildman–Crippen LogP) is 3.55. The smallest absolute Gasteiger partial charge is 0.0570 e. The van der Waals surface area contributed by atoms with Crippen molar-refractivity contribution in [1.82, 2.24) is 10.3 Å². The van der Waals surface area contributed by atoms with E-state index in [1.165, 1.54) is 5.56 Å². The van der Waals surface area contributed by atoms with Crippen LogP contribution >= 0.6 is 11.3 Å². The van der Waals surface area contributed by atoms with E-state index in [4.69, 9.17) is 0 Å². The third-order valence-corrected chi connectivity index (χ3v) is 3.38. The molecule has 2 nitrogen and oxygen atoms in total. The lowest BCUT2D eigenvalue weighted by atomic mass is 10.1. The normalized spacial score (nSPS) is 14.6. The Labute approximate surface area is 100 Å². The van der Waals surface area contributed by atoms with Gasteiger partial charge in [0.2, 0.25) is 0 Å². The molecule has 2 atom stereocenters. The summed E-state index contributed by atoms with van der Waals surface area (Å²) in [6.07, 6.45) is 1.84. The first-order valence-electron chi connectivity index (χ1n) is 5.46. The van der Waals surface area contributed by atoms with Crippen molar-refractivity contribution < 1.29 is 0 Å². The van der Waals surface area contributed by atoms with E-state index in [1.54, 1.807) is 11.3 Å². The molecule has 0 saturated heterocycles. The van der Waals surface area contributed by atoms with Gasteiger partial charge in [-0.05, 0) is 48.4 Å². The van der Waals surface area contributed by atoms with Crippen molar-refractivity contribution >= 4 is 11.3 Å². The van der Waals surface area contributed by atoms with Gasteiger partial charge in [-0.25, -0.2) is 0 Å². The van der Waals surface area contributed by atoms with E-state index in [0.29, 0.717) is 6.04 Å². The molecule has 0 saturated carbocycles. The van der Waals surface area contributed by atoms with E-state index in [2.05, 4.69) is 47.0 Å². The van der Waals surface area contributed by atoms with Crippen molar-refractivity contribution in [3.8, 4) is 0 Å².